The molecule has 0 aromatic heterocycles. The SMILES string of the molecule is N=C(F)c1ccccc1F. The minimum atomic E-state index is -1.24. The summed E-state index contributed by atoms with van der Waals surface area (Å²) in [6, 6.07) is 5.26. The molecule has 1 aromatic rings. The van der Waals surface area contributed by atoms with Crippen molar-refractivity contribution >= 4 is 5.97 Å². The molecular weight excluding hydrogens is 136 g/mol. The van der Waals surface area contributed by atoms with Gasteiger partial charge in [-0.05, 0) is 12.1 Å². The molecule has 0 saturated heterocycles. The molecule has 0 heterocycles. The molecule has 0 unspecified atom stereocenters. The molecule has 1 aromatic carbocycles. The van der Waals surface area contributed by atoms with Crippen molar-refractivity contribution in [3.8, 4) is 0 Å². The summed E-state index contributed by atoms with van der Waals surface area (Å²) in [6.07, 6.45) is 0. The number of halogens is 2. The lowest BCUT2D eigenvalue weighted by Gasteiger charge is -1.93. The van der Waals surface area contributed by atoms with E-state index in [-0.39, 0.29) is 5.56 Å². The number of nitrogens with one attached hydrogen (secondary N) is 1. The van der Waals surface area contributed by atoms with Crippen LogP contribution in [-0.4, -0.2) is 5.97 Å². The zero-order chi connectivity index (χ0) is 7.56. The van der Waals surface area contributed by atoms with Crippen LogP contribution in [0.15, 0.2) is 24.3 Å². The molecule has 0 spiro atoms. The molecular formula is C7H5F2N. The van der Waals surface area contributed by atoms with Gasteiger partial charge in [-0.15, -0.1) is 0 Å². The predicted octanol–water partition coefficient (Wildman–Crippen LogP) is 2.12. The molecule has 0 radical (unpaired) electrons. The number of hydrogen-bond donors (Lipinski definition) is 1. The summed E-state index contributed by atoms with van der Waals surface area (Å²) in [7, 11) is 0. The molecule has 10 heavy (non-hydrogen) atoms. The van der Waals surface area contributed by atoms with Gasteiger partial charge in [0.2, 0.25) is 5.97 Å². The van der Waals surface area contributed by atoms with Crippen molar-refractivity contribution in [2.45, 2.75) is 0 Å². The van der Waals surface area contributed by atoms with Gasteiger partial charge in [0.05, 0.1) is 5.56 Å². The molecule has 1 nitrogen and oxygen atoms in total. The predicted molar refractivity (Wildman–Crippen MR) is 34.3 cm³/mol. The Morgan fingerprint density at radius 1 is 1.30 bits per heavy atom. The molecule has 0 atom stereocenters. The van der Waals surface area contributed by atoms with Crippen molar-refractivity contribution in [3.05, 3.63) is 35.6 Å². The third-order valence-electron chi connectivity index (χ3n) is 1.11. The van der Waals surface area contributed by atoms with Crippen LogP contribution in [0.1, 0.15) is 5.56 Å². The number of benzene rings is 1. The first-order valence-electron chi connectivity index (χ1n) is 2.71. The van der Waals surface area contributed by atoms with E-state index in [9.17, 15) is 8.78 Å². The monoisotopic (exact) mass is 141 g/mol. The Kier molecular flexibility index (Phi) is 1.76. The van der Waals surface area contributed by atoms with E-state index in [1.54, 1.807) is 0 Å². The Bertz CT molecular complexity index is 258. The molecule has 1 rings (SSSR count). The lowest BCUT2D eigenvalue weighted by molar-refractivity contribution is 0.619. The summed E-state index contributed by atoms with van der Waals surface area (Å²) in [5.41, 5.74) is -0.289. The molecule has 0 bridgehead atoms. The van der Waals surface area contributed by atoms with Crippen LogP contribution in [0.25, 0.3) is 0 Å². The summed E-state index contributed by atoms with van der Waals surface area (Å²) in [5, 5.41) is 6.47. The van der Waals surface area contributed by atoms with Crippen LogP contribution >= 0.6 is 0 Å². The minimum Gasteiger partial charge on any atom is -0.273 e. The summed E-state index contributed by atoms with van der Waals surface area (Å²) in [6.45, 7) is 0. The Labute approximate surface area is 56.8 Å². The normalized spacial score (nSPS) is 9.40. The Morgan fingerprint density at radius 2 is 1.90 bits per heavy atom. The fourth-order valence-corrected chi connectivity index (χ4v) is 0.639. The van der Waals surface area contributed by atoms with Crippen LogP contribution in [0.2, 0.25) is 0 Å². The van der Waals surface area contributed by atoms with Crippen LogP contribution in [0, 0.1) is 11.2 Å². The highest BCUT2D eigenvalue weighted by molar-refractivity contribution is 5.90. The Hall–Kier alpha value is -1.25. The lowest BCUT2D eigenvalue weighted by Crippen LogP contribution is -1.93. The van der Waals surface area contributed by atoms with Crippen molar-refractivity contribution in [1.82, 2.24) is 0 Å². The van der Waals surface area contributed by atoms with Crippen LogP contribution in [0.3, 0.4) is 0 Å². The van der Waals surface area contributed by atoms with Crippen LogP contribution in [0.5, 0.6) is 0 Å². The second kappa shape index (κ2) is 2.56. The highest BCUT2D eigenvalue weighted by Crippen LogP contribution is 2.06. The van der Waals surface area contributed by atoms with Gasteiger partial charge in [0.15, 0.2) is 0 Å². The smallest absolute Gasteiger partial charge is 0.215 e. The van der Waals surface area contributed by atoms with Crippen molar-refractivity contribution in [2.75, 3.05) is 0 Å². The summed E-state index contributed by atoms with van der Waals surface area (Å²) in [5.74, 6) is -1.94. The number of rotatable bonds is 1. The highest BCUT2D eigenvalue weighted by atomic mass is 19.1. The van der Waals surface area contributed by atoms with E-state index in [1.807, 2.05) is 0 Å². The molecule has 52 valence electrons. The van der Waals surface area contributed by atoms with Crippen molar-refractivity contribution in [2.24, 2.45) is 0 Å². The fourth-order valence-electron chi connectivity index (χ4n) is 0.639. The maximum absolute atomic E-state index is 12.5. The maximum Gasteiger partial charge on any atom is 0.215 e. The Balaban J connectivity index is 3.15. The molecule has 3 heteroatoms. The molecule has 1 N–H and O–H groups in total. The fraction of sp³-hybridized carbons (Fsp3) is 0. The van der Waals surface area contributed by atoms with Crippen molar-refractivity contribution in [1.29, 1.82) is 5.41 Å². The van der Waals surface area contributed by atoms with Gasteiger partial charge in [0.25, 0.3) is 0 Å². The second-order valence-corrected chi connectivity index (χ2v) is 1.79. The van der Waals surface area contributed by atoms with E-state index < -0.39 is 11.8 Å². The lowest BCUT2D eigenvalue weighted by atomic mass is 10.2. The average molecular weight is 141 g/mol. The zero-order valence-corrected chi connectivity index (χ0v) is 5.07. The van der Waals surface area contributed by atoms with Gasteiger partial charge >= 0.3 is 0 Å². The molecule has 0 amide bonds. The van der Waals surface area contributed by atoms with E-state index >= 15 is 0 Å². The Morgan fingerprint density at radius 3 is 2.30 bits per heavy atom. The van der Waals surface area contributed by atoms with Crippen LogP contribution in [-0.2, 0) is 0 Å². The van der Waals surface area contributed by atoms with Crippen LogP contribution in [0.4, 0.5) is 8.78 Å². The van der Waals surface area contributed by atoms with Gasteiger partial charge in [-0.3, -0.25) is 5.41 Å². The maximum atomic E-state index is 12.5. The average Bonchev–Trinajstić information content (AvgIpc) is 1.88. The van der Waals surface area contributed by atoms with E-state index in [0.29, 0.717) is 0 Å². The van der Waals surface area contributed by atoms with E-state index in [2.05, 4.69) is 0 Å². The zero-order valence-electron chi connectivity index (χ0n) is 5.07. The van der Waals surface area contributed by atoms with Crippen molar-refractivity contribution in [3.63, 3.8) is 0 Å². The van der Waals surface area contributed by atoms with Gasteiger partial charge in [0, 0.05) is 0 Å². The minimum absolute atomic E-state index is 0.289. The quantitative estimate of drug-likeness (QED) is 0.579. The summed E-state index contributed by atoms with van der Waals surface area (Å²) in [4.78, 5) is 0. The van der Waals surface area contributed by atoms with Crippen LogP contribution < -0.4 is 0 Å². The van der Waals surface area contributed by atoms with Gasteiger partial charge in [-0.2, -0.15) is 4.39 Å². The van der Waals surface area contributed by atoms with E-state index in [4.69, 9.17) is 5.41 Å². The third kappa shape index (κ3) is 1.18. The van der Waals surface area contributed by atoms with Crippen molar-refractivity contribution < 1.29 is 8.78 Å². The molecule has 0 aliphatic rings. The first kappa shape index (κ1) is 6.86. The third-order valence-corrected chi connectivity index (χ3v) is 1.11. The molecule has 0 aliphatic carbocycles. The van der Waals surface area contributed by atoms with E-state index in [1.165, 1.54) is 18.2 Å². The first-order valence-corrected chi connectivity index (χ1v) is 2.71. The number of hydrogen-bond acceptors (Lipinski definition) is 1. The van der Waals surface area contributed by atoms with Gasteiger partial charge in [-0.1, -0.05) is 12.1 Å². The summed E-state index contributed by atoms with van der Waals surface area (Å²) < 4.78 is 24.5. The standard InChI is InChI=1S/C7H5F2N/c8-6-4-2-1-3-5(6)7(9)10/h1-4,10H. The molecule has 0 fully saturated rings. The summed E-state index contributed by atoms with van der Waals surface area (Å²) >= 11 is 0. The molecule has 0 saturated carbocycles. The van der Waals surface area contributed by atoms with Gasteiger partial charge < -0.3 is 0 Å². The molecule has 0 aliphatic heterocycles. The van der Waals surface area contributed by atoms with Gasteiger partial charge in [0.1, 0.15) is 5.82 Å². The van der Waals surface area contributed by atoms with E-state index in [0.717, 1.165) is 6.07 Å². The first-order chi connectivity index (χ1) is 4.72. The largest absolute Gasteiger partial charge is 0.273 e. The van der Waals surface area contributed by atoms with Gasteiger partial charge in [-0.25, -0.2) is 4.39 Å². The highest BCUT2D eigenvalue weighted by Gasteiger charge is 2.03. The topological polar surface area (TPSA) is 23.9 Å². The second-order valence-electron chi connectivity index (χ2n) is 1.79.